The molecule has 1 amide bonds. The molecule has 2 N–H and O–H groups in total. The zero-order chi connectivity index (χ0) is 16.1. The van der Waals surface area contributed by atoms with Crippen LogP contribution in [0.3, 0.4) is 0 Å². The number of rotatable bonds is 4. The topological polar surface area (TPSA) is 101 Å². The summed E-state index contributed by atoms with van der Waals surface area (Å²) in [5, 5.41) is 2.69. The second kappa shape index (κ2) is 6.86. The van der Waals surface area contributed by atoms with Crippen LogP contribution in [0, 0.1) is 0 Å². The number of aromatic amines is 1. The van der Waals surface area contributed by atoms with Gasteiger partial charge in [0, 0.05) is 11.8 Å². The highest BCUT2D eigenvalue weighted by Gasteiger charge is 2.16. The fourth-order valence-electron chi connectivity index (χ4n) is 1.67. The van der Waals surface area contributed by atoms with Gasteiger partial charge in [-0.25, -0.2) is 4.98 Å². The third-order valence-electron chi connectivity index (χ3n) is 2.77. The summed E-state index contributed by atoms with van der Waals surface area (Å²) >= 11 is 6.06. The van der Waals surface area contributed by atoms with E-state index in [2.05, 4.69) is 20.0 Å². The van der Waals surface area contributed by atoms with Crippen LogP contribution in [0.15, 0.2) is 35.3 Å². The molecule has 22 heavy (non-hydrogen) atoms. The quantitative estimate of drug-likeness (QED) is 0.818. The first-order valence-electron chi connectivity index (χ1n) is 6.22. The van der Waals surface area contributed by atoms with Crippen molar-refractivity contribution in [1.82, 2.24) is 15.3 Å². The summed E-state index contributed by atoms with van der Waals surface area (Å²) in [6, 6.07) is 6.88. The fraction of sp³-hybridized carbons (Fsp3) is 0.143. The number of hydrogen-bond donors (Lipinski definition) is 2. The van der Waals surface area contributed by atoms with Gasteiger partial charge in [-0.05, 0) is 6.07 Å². The minimum absolute atomic E-state index is 0.341. The predicted octanol–water partition coefficient (Wildman–Crippen LogP) is 0.993. The zero-order valence-electron chi connectivity index (χ0n) is 11.6. The number of esters is 1. The summed E-state index contributed by atoms with van der Waals surface area (Å²) in [6.07, 6.45) is 1.36. The highest BCUT2D eigenvalue weighted by molar-refractivity contribution is 6.33. The monoisotopic (exact) mass is 321 g/mol. The molecule has 1 aromatic carbocycles. The number of carbonyl (C=O) groups is 2. The molecule has 0 aliphatic heterocycles. The molecular weight excluding hydrogens is 310 g/mol. The number of carbonyl (C=O) groups excluding carboxylic acids is 2. The second-order valence-corrected chi connectivity index (χ2v) is 4.61. The van der Waals surface area contributed by atoms with Gasteiger partial charge in [-0.3, -0.25) is 14.4 Å². The van der Waals surface area contributed by atoms with Crippen LogP contribution >= 0.6 is 11.6 Å². The Hall–Kier alpha value is -2.67. The molecular formula is C14H12ClN3O4. The minimum atomic E-state index is -0.777. The summed E-state index contributed by atoms with van der Waals surface area (Å²) in [7, 11) is 1.19. The maximum atomic E-state index is 11.9. The Kier molecular flexibility index (Phi) is 4.90. The van der Waals surface area contributed by atoms with Gasteiger partial charge in [0.25, 0.3) is 11.5 Å². The van der Waals surface area contributed by atoms with Crippen molar-refractivity contribution in [1.29, 1.82) is 0 Å². The number of nitrogens with one attached hydrogen (secondary N) is 2. The lowest BCUT2D eigenvalue weighted by Gasteiger charge is -2.06. The van der Waals surface area contributed by atoms with E-state index in [9.17, 15) is 14.4 Å². The van der Waals surface area contributed by atoms with Crippen molar-refractivity contribution in [2.24, 2.45) is 0 Å². The Bertz CT molecular complexity index is 773. The van der Waals surface area contributed by atoms with Crippen LogP contribution < -0.4 is 10.9 Å². The van der Waals surface area contributed by atoms with Gasteiger partial charge in [0.2, 0.25) is 0 Å². The van der Waals surface area contributed by atoms with Crippen molar-refractivity contribution in [3.05, 3.63) is 51.5 Å². The third kappa shape index (κ3) is 3.50. The Morgan fingerprint density at radius 2 is 2.09 bits per heavy atom. The summed E-state index contributed by atoms with van der Waals surface area (Å²) in [4.78, 5) is 41.1. The SMILES string of the molecule is COC(=O)CNC(=O)c1nc(-c2ccccc2Cl)c[nH]c1=O. The van der Waals surface area contributed by atoms with Gasteiger partial charge < -0.3 is 15.0 Å². The van der Waals surface area contributed by atoms with Crippen LogP contribution in [-0.4, -0.2) is 35.5 Å². The van der Waals surface area contributed by atoms with Crippen molar-refractivity contribution in [2.45, 2.75) is 0 Å². The van der Waals surface area contributed by atoms with E-state index in [0.717, 1.165) is 0 Å². The molecule has 0 atom stereocenters. The van der Waals surface area contributed by atoms with Gasteiger partial charge in [-0.2, -0.15) is 0 Å². The fourth-order valence-corrected chi connectivity index (χ4v) is 1.91. The molecule has 0 aliphatic rings. The minimum Gasteiger partial charge on any atom is -0.468 e. The third-order valence-corrected chi connectivity index (χ3v) is 3.10. The molecule has 2 rings (SSSR count). The molecule has 1 aromatic heterocycles. The number of ether oxygens (including phenoxy) is 1. The van der Waals surface area contributed by atoms with E-state index in [1.165, 1.54) is 13.3 Å². The molecule has 0 saturated carbocycles. The molecule has 0 aliphatic carbocycles. The normalized spacial score (nSPS) is 10.1. The van der Waals surface area contributed by atoms with Crippen LogP contribution in [0.25, 0.3) is 11.3 Å². The Labute approximate surface area is 130 Å². The number of halogens is 1. The molecule has 1 heterocycles. The van der Waals surface area contributed by atoms with E-state index >= 15 is 0 Å². The molecule has 0 saturated heterocycles. The lowest BCUT2D eigenvalue weighted by atomic mass is 10.1. The van der Waals surface area contributed by atoms with Crippen LogP contribution in [-0.2, 0) is 9.53 Å². The number of nitrogens with zero attached hydrogens (tertiary/aromatic N) is 1. The molecule has 8 heteroatoms. The van der Waals surface area contributed by atoms with E-state index in [1.54, 1.807) is 24.3 Å². The highest BCUT2D eigenvalue weighted by atomic mass is 35.5. The van der Waals surface area contributed by atoms with Crippen LogP contribution in [0.2, 0.25) is 5.02 Å². The van der Waals surface area contributed by atoms with Crippen LogP contribution in [0.4, 0.5) is 0 Å². The Morgan fingerprint density at radius 1 is 1.36 bits per heavy atom. The number of benzene rings is 1. The number of H-pyrrole nitrogens is 1. The van der Waals surface area contributed by atoms with Gasteiger partial charge in [-0.15, -0.1) is 0 Å². The summed E-state index contributed by atoms with van der Waals surface area (Å²) in [6.45, 7) is -0.354. The van der Waals surface area contributed by atoms with Crippen LogP contribution in [0.5, 0.6) is 0 Å². The van der Waals surface area contributed by atoms with E-state index < -0.39 is 17.4 Å². The van der Waals surface area contributed by atoms with E-state index in [-0.39, 0.29) is 12.2 Å². The molecule has 0 bridgehead atoms. The maximum absolute atomic E-state index is 11.9. The summed E-state index contributed by atoms with van der Waals surface area (Å²) in [5.74, 6) is -1.41. The molecule has 0 fully saturated rings. The molecule has 2 aromatic rings. The van der Waals surface area contributed by atoms with E-state index in [0.29, 0.717) is 16.3 Å². The van der Waals surface area contributed by atoms with Crippen LogP contribution in [0.1, 0.15) is 10.5 Å². The first-order chi connectivity index (χ1) is 10.5. The first kappa shape index (κ1) is 15.7. The number of amides is 1. The smallest absolute Gasteiger partial charge is 0.325 e. The summed E-state index contributed by atoms with van der Waals surface area (Å²) < 4.78 is 4.40. The zero-order valence-corrected chi connectivity index (χ0v) is 12.3. The lowest BCUT2D eigenvalue weighted by molar-refractivity contribution is -0.139. The van der Waals surface area contributed by atoms with Crippen molar-refractivity contribution in [3.8, 4) is 11.3 Å². The first-order valence-corrected chi connectivity index (χ1v) is 6.60. The Balaban J connectivity index is 2.32. The lowest BCUT2D eigenvalue weighted by Crippen LogP contribution is -2.34. The number of methoxy groups -OCH3 is 1. The average Bonchev–Trinajstić information content (AvgIpc) is 2.53. The van der Waals surface area contributed by atoms with Crippen molar-refractivity contribution >= 4 is 23.5 Å². The number of hydrogen-bond acceptors (Lipinski definition) is 5. The van der Waals surface area contributed by atoms with Gasteiger partial charge >= 0.3 is 5.97 Å². The molecule has 0 unspecified atom stereocenters. The van der Waals surface area contributed by atoms with Gasteiger partial charge in [0.15, 0.2) is 5.69 Å². The molecule has 114 valence electrons. The maximum Gasteiger partial charge on any atom is 0.325 e. The Morgan fingerprint density at radius 3 is 2.77 bits per heavy atom. The molecule has 7 nitrogen and oxygen atoms in total. The largest absolute Gasteiger partial charge is 0.468 e. The summed E-state index contributed by atoms with van der Waals surface area (Å²) in [5.41, 5.74) is -0.115. The van der Waals surface area contributed by atoms with Crippen molar-refractivity contribution in [3.63, 3.8) is 0 Å². The average molecular weight is 322 g/mol. The van der Waals surface area contributed by atoms with E-state index in [1.807, 2.05) is 0 Å². The van der Waals surface area contributed by atoms with Gasteiger partial charge in [0.1, 0.15) is 6.54 Å². The van der Waals surface area contributed by atoms with Gasteiger partial charge in [0.05, 0.1) is 17.8 Å². The highest BCUT2D eigenvalue weighted by Crippen LogP contribution is 2.24. The van der Waals surface area contributed by atoms with Crippen molar-refractivity contribution in [2.75, 3.05) is 13.7 Å². The van der Waals surface area contributed by atoms with E-state index in [4.69, 9.17) is 11.6 Å². The number of aromatic nitrogens is 2. The van der Waals surface area contributed by atoms with Gasteiger partial charge in [-0.1, -0.05) is 29.8 Å². The molecule has 0 spiro atoms. The predicted molar refractivity (Wildman–Crippen MR) is 79.7 cm³/mol. The standard InChI is InChI=1S/C14H12ClN3O4/c1-22-11(19)7-17-14(21)12-13(20)16-6-10(18-12)8-4-2-3-5-9(8)15/h2-6H,7H2,1H3,(H,16,20)(H,17,21). The van der Waals surface area contributed by atoms with Crippen molar-refractivity contribution < 1.29 is 14.3 Å². The molecule has 0 radical (unpaired) electrons. The second-order valence-electron chi connectivity index (χ2n) is 4.20.